The van der Waals surface area contributed by atoms with Crippen molar-refractivity contribution >= 4 is 11.8 Å². The highest BCUT2D eigenvalue weighted by molar-refractivity contribution is 6.01. The number of rotatable bonds is 5. The highest BCUT2D eigenvalue weighted by Gasteiger charge is 2.57. The largest absolute Gasteiger partial charge is 0.480 e. The van der Waals surface area contributed by atoms with Crippen LogP contribution in [0.4, 0.5) is 0 Å². The van der Waals surface area contributed by atoms with Gasteiger partial charge in [-0.05, 0) is 24.0 Å². The molecule has 0 radical (unpaired) electrons. The first-order chi connectivity index (χ1) is 12.6. The average Bonchev–Trinajstić information content (AvgIpc) is 3.01. The molecule has 5 nitrogen and oxygen atoms in total. The summed E-state index contributed by atoms with van der Waals surface area (Å²) in [6, 6.07) is 18.4. The number of ketones is 1. The Morgan fingerprint density at radius 3 is 2.12 bits per heavy atom. The van der Waals surface area contributed by atoms with E-state index in [0.29, 0.717) is 13.0 Å². The van der Waals surface area contributed by atoms with Crippen LogP contribution in [0.1, 0.15) is 29.9 Å². The Kier molecular flexibility index (Phi) is 4.34. The molecule has 134 valence electrons. The second-order valence-corrected chi connectivity index (χ2v) is 7.15. The molecule has 0 aliphatic carbocycles. The van der Waals surface area contributed by atoms with Crippen LogP contribution in [-0.4, -0.2) is 41.0 Å². The molecule has 2 aliphatic rings. The summed E-state index contributed by atoms with van der Waals surface area (Å²) in [7, 11) is 0. The molecular formula is C21H22N2O3. The van der Waals surface area contributed by atoms with Crippen LogP contribution < -0.4 is 10.6 Å². The molecule has 3 N–H and O–H groups in total. The number of benzene rings is 2. The minimum absolute atomic E-state index is 0.0722. The van der Waals surface area contributed by atoms with Crippen molar-refractivity contribution in [1.82, 2.24) is 10.6 Å². The SMILES string of the molecule is O=C(O)C1NCC2CCC1(C(=O)C(c1ccccc1)c1ccccc1)N2. The van der Waals surface area contributed by atoms with Gasteiger partial charge in [0.25, 0.3) is 0 Å². The molecule has 0 aromatic heterocycles. The van der Waals surface area contributed by atoms with Crippen LogP contribution in [0.5, 0.6) is 0 Å². The van der Waals surface area contributed by atoms with Crippen molar-refractivity contribution in [3.8, 4) is 0 Å². The molecule has 0 saturated carbocycles. The molecule has 0 spiro atoms. The third-order valence-electron chi connectivity index (χ3n) is 5.62. The van der Waals surface area contributed by atoms with Crippen molar-refractivity contribution in [2.45, 2.75) is 36.4 Å². The van der Waals surface area contributed by atoms with Gasteiger partial charge in [-0.1, -0.05) is 60.7 Å². The fourth-order valence-corrected chi connectivity index (χ4v) is 4.40. The zero-order chi connectivity index (χ0) is 18.1. The number of nitrogens with one attached hydrogen (secondary N) is 2. The maximum atomic E-state index is 13.8. The number of aliphatic carboxylic acids is 1. The fourth-order valence-electron chi connectivity index (χ4n) is 4.40. The second kappa shape index (κ2) is 6.67. The van der Waals surface area contributed by atoms with Crippen molar-refractivity contribution in [2.75, 3.05) is 6.54 Å². The third kappa shape index (κ3) is 2.73. The molecule has 2 aromatic rings. The average molecular weight is 350 g/mol. The van der Waals surface area contributed by atoms with Crippen LogP contribution in [0.15, 0.2) is 60.7 Å². The summed E-state index contributed by atoms with van der Waals surface area (Å²) in [6.45, 7) is 0.577. The zero-order valence-electron chi connectivity index (χ0n) is 14.4. The summed E-state index contributed by atoms with van der Waals surface area (Å²) in [6.07, 6.45) is 1.34. The maximum absolute atomic E-state index is 13.8. The molecule has 3 atom stereocenters. The van der Waals surface area contributed by atoms with Gasteiger partial charge in [0.15, 0.2) is 5.78 Å². The predicted molar refractivity (Wildman–Crippen MR) is 98.0 cm³/mol. The van der Waals surface area contributed by atoms with Gasteiger partial charge in [0.1, 0.15) is 11.6 Å². The quantitative estimate of drug-likeness (QED) is 0.768. The first kappa shape index (κ1) is 16.9. The molecule has 2 bridgehead atoms. The van der Waals surface area contributed by atoms with Gasteiger partial charge in [-0.25, -0.2) is 0 Å². The van der Waals surface area contributed by atoms with Crippen LogP contribution >= 0.6 is 0 Å². The van der Waals surface area contributed by atoms with E-state index in [1.807, 2.05) is 60.7 Å². The zero-order valence-corrected chi connectivity index (χ0v) is 14.4. The monoisotopic (exact) mass is 350 g/mol. The lowest BCUT2D eigenvalue weighted by Crippen LogP contribution is -2.71. The van der Waals surface area contributed by atoms with Gasteiger partial charge in [-0.2, -0.15) is 0 Å². The molecule has 2 fully saturated rings. The van der Waals surface area contributed by atoms with Gasteiger partial charge in [-0.3, -0.25) is 14.9 Å². The molecule has 2 aromatic carbocycles. The standard InChI is InChI=1S/C21H22N2O3/c24-19(21-12-11-16(23-21)13-22-18(21)20(25)26)17(14-7-3-1-4-8-14)15-9-5-2-6-10-15/h1-10,16-18,22-23H,11-13H2,(H,25,26). The van der Waals surface area contributed by atoms with Gasteiger partial charge < -0.3 is 10.4 Å². The lowest BCUT2D eigenvalue weighted by molar-refractivity contribution is -0.146. The summed E-state index contributed by atoms with van der Waals surface area (Å²) < 4.78 is 0. The van der Waals surface area contributed by atoms with E-state index in [2.05, 4.69) is 10.6 Å². The number of carboxylic acid groups (broad SMARTS) is 1. The summed E-state index contributed by atoms with van der Waals surface area (Å²) in [5.41, 5.74) is 0.696. The van der Waals surface area contributed by atoms with E-state index >= 15 is 0 Å². The van der Waals surface area contributed by atoms with Crippen LogP contribution in [-0.2, 0) is 9.59 Å². The summed E-state index contributed by atoms with van der Waals surface area (Å²) in [5, 5.41) is 16.2. The van der Waals surface area contributed by atoms with Gasteiger partial charge in [0.2, 0.25) is 0 Å². The predicted octanol–water partition coefficient (Wildman–Crippen LogP) is 1.93. The normalized spacial score (nSPS) is 27.4. The highest BCUT2D eigenvalue weighted by Crippen LogP contribution is 2.38. The number of carbonyl (C=O) groups excluding carboxylic acids is 1. The molecule has 4 rings (SSSR count). The van der Waals surface area contributed by atoms with Gasteiger partial charge in [0.05, 0.1) is 5.92 Å². The molecule has 2 aliphatic heterocycles. The van der Waals surface area contributed by atoms with E-state index in [9.17, 15) is 14.7 Å². The number of carboxylic acids is 1. The Hall–Kier alpha value is -2.50. The maximum Gasteiger partial charge on any atom is 0.323 e. The molecule has 2 saturated heterocycles. The van der Waals surface area contributed by atoms with Crippen LogP contribution in [0.3, 0.4) is 0 Å². The number of hydrogen-bond acceptors (Lipinski definition) is 4. The van der Waals surface area contributed by atoms with E-state index in [-0.39, 0.29) is 11.8 Å². The van der Waals surface area contributed by atoms with E-state index in [1.54, 1.807) is 0 Å². The van der Waals surface area contributed by atoms with Crippen LogP contribution in [0.25, 0.3) is 0 Å². The van der Waals surface area contributed by atoms with Gasteiger partial charge in [0, 0.05) is 12.6 Å². The van der Waals surface area contributed by atoms with Crippen LogP contribution in [0.2, 0.25) is 0 Å². The summed E-state index contributed by atoms with van der Waals surface area (Å²) >= 11 is 0. The van der Waals surface area contributed by atoms with E-state index in [0.717, 1.165) is 17.5 Å². The highest BCUT2D eigenvalue weighted by atomic mass is 16.4. The Labute approximate surface area is 152 Å². The Bertz CT molecular complexity index is 769. The topological polar surface area (TPSA) is 78.4 Å². The molecule has 0 amide bonds. The van der Waals surface area contributed by atoms with Crippen molar-refractivity contribution in [3.05, 3.63) is 71.8 Å². The first-order valence-electron chi connectivity index (χ1n) is 9.00. The van der Waals surface area contributed by atoms with Gasteiger partial charge in [-0.15, -0.1) is 0 Å². The van der Waals surface area contributed by atoms with Gasteiger partial charge >= 0.3 is 5.97 Å². The van der Waals surface area contributed by atoms with Crippen molar-refractivity contribution in [2.24, 2.45) is 0 Å². The minimum Gasteiger partial charge on any atom is -0.480 e. The van der Waals surface area contributed by atoms with E-state index in [1.165, 1.54) is 0 Å². The van der Waals surface area contributed by atoms with Crippen LogP contribution in [0, 0.1) is 0 Å². The molecule has 5 heteroatoms. The van der Waals surface area contributed by atoms with Crippen molar-refractivity contribution < 1.29 is 14.7 Å². The summed E-state index contributed by atoms with van der Waals surface area (Å²) in [4.78, 5) is 25.7. The molecule has 2 heterocycles. The number of fused-ring (bicyclic) bond motifs is 2. The number of carbonyl (C=O) groups is 2. The van der Waals surface area contributed by atoms with Crippen molar-refractivity contribution in [1.29, 1.82) is 0 Å². The third-order valence-corrected chi connectivity index (χ3v) is 5.62. The smallest absolute Gasteiger partial charge is 0.323 e. The van der Waals surface area contributed by atoms with E-state index in [4.69, 9.17) is 0 Å². The molecule has 26 heavy (non-hydrogen) atoms. The number of Topliss-reactive ketones (excluding diaryl/α,β-unsaturated/α-hetero) is 1. The Morgan fingerprint density at radius 2 is 1.58 bits per heavy atom. The van der Waals surface area contributed by atoms with E-state index < -0.39 is 23.5 Å². The number of piperazine rings is 1. The molecular weight excluding hydrogens is 328 g/mol. The lowest BCUT2D eigenvalue weighted by Gasteiger charge is -2.41. The van der Waals surface area contributed by atoms with Crippen molar-refractivity contribution in [3.63, 3.8) is 0 Å². The fraction of sp³-hybridized carbons (Fsp3) is 0.333. The Morgan fingerprint density at radius 1 is 1.00 bits per heavy atom. The minimum atomic E-state index is -1.08. The first-order valence-corrected chi connectivity index (χ1v) is 9.00. The molecule has 3 unspecified atom stereocenters. The summed E-state index contributed by atoms with van der Waals surface area (Å²) in [5.74, 6) is -1.55. The Balaban J connectivity index is 1.80. The second-order valence-electron chi connectivity index (χ2n) is 7.15. The lowest BCUT2D eigenvalue weighted by atomic mass is 9.74. The number of hydrogen-bond donors (Lipinski definition) is 3.